The second kappa shape index (κ2) is 7.68. The molecule has 1 aliphatic rings. The lowest BCUT2D eigenvalue weighted by Gasteiger charge is -2.28. The van der Waals surface area contributed by atoms with Crippen molar-refractivity contribution in [1.29, 1.82) is 0 Å². The highest BCUT2D eigenvalue weighted by Gasteiger charge is 2.21. The Hall–Kier alpha value is -1.02. The van der Waals surface area contributed by atoms with Crippen LogP contribution in [0.2, 0.25) is 0 Å². The maximum Gasteiger partial charge on any atom is 0.120 e. The van der Waals surface area contributed by atoms with E-state index >= 15 is 0 Å². The van der Waals surface area contributed by atoms with E-state index in [0.29, 0.717) is 6.04 Å². The van der Waals surface area contributed by atoms with E-state index in [1.54, 1.807) is 0 Å². The van der Waals surface area contributed by atoms with Crippen LogP contribution in [0.15, 0.2) is 18.2 Å². The van der Waals surface area contributed by atoms with Crippen LogP contribution in [0.3, 0.4) is 0 Å². The van der Waals surface area contributed by atoms with Crippen molar-refractivity contribution in [2.45, 2.75) is 71.4 Å². The Balaban J connectivity index is 2.04. The number of hydrogen-bond donors (Lipinski definition) is 1. The Labute approximate surface area is 123 Å². The predicted octanol–water partition coefficient (Wildman–Crippen LogP) is 4.11. The molecule has 0 spiro atoms. The number of rotatable bonds is 8. The molecule has 20 heavy (non-hydrogen) atoms. The van der Waals surface area contributed by atoms with Gasteiger partial charge in [-0.3, -0.25) is 0 Å². The molecule has 2 heteroatoms. The molecule has 0 saturated carbocycles. The fourth-order valence-electron chi connectivity index (χ4n) is 3.24. The molecule has 0 heterocycles. The summed E-state index contributed by atoms with van der Waals surface area (Å²) in [5, 5.41) is 3.58. The van der Waals surface area contributed by atoms with Gasteiger partial charge in [0, 0.05) is 6.04 Å². The van der Waals surface area contributed by atoms with E-state index in [4.69, 9.17) is 4.74 Å². The number of hydrogen-bond acceptors (Lipinski definition) is 2. The van der Waals surface area contributed by atoms with Crippen LogP contribution in [-0.4, -0.2) is 18.7 Å². The molecule has 2 atom stereocenters. The lowest BCUT2D eigenvalue weighted by molar-refractivity contribution is 0.143. The first-order valence-electron chi connectivity index (χ1n) is 8.30. The van der Waals surface area contributed by atoms with Crippen molar-refractivity contribution in [1.82, 2.24) is 5.32 Å². The summed E-state index contributed by atoms with van der Waals surface area (Å²) >= 11 is 0. The highest BCUT2D eigenvalue weighted by Crippen LogP contribution is 2.27. The van der Waals surface area contributed by atoms with Crippen molar-refractivity contribution in [2.24, 2.45) is 0 Å². The first-order chi connectivity index (χ1) is 9.78. The molecule has 2 nitrogen and oxygen atoms in total. The standard InChI is InChI=1S/C18H29NO/c1-4-8-17(19-6-3)18(5-2)20-16-12-11-14-9-7-10-15(14)13-16/h11-13,17-19H,4-10H2,1-3H3. The Morgan fingerprint density at radius 2 is 1.95 bits per heavy atom. The number of benzene rings is 1. The second-order valence-corrected chi connectivity index (χ2v) is 5.80. The van der Waals surface area contributed by atoms with Crippen molar-refractivity contribution in [3.8, 4) is 5.75 Å². The van der Waals surface area contributed by atoms with Gasteiger partial charge in [-0.25, -0.2) is 0 Å². The number of nitrogens with one attached hydrogen (secondary N) is 1. The van der Waals surface area contributed by atoms with Crippen LogP contribution < -0.4 is 10.1 Å². The SMILES string of the molecule is CCCC(NCC)C(CC)Oc1ccc2c(c1)CCC2. The topological polar surface area (TPSA) is 21.3 Å². The molecule has 1 N–H and O–H groups in total. The third-order valence-corrected chi connectivity index (χ3v) is 4.27. The van der Waals surface area contributed by atoms with Crippen LogP contribution in [0.4, 0.5) is 0 Å². The summed E-state index contributed by atoms with van der Waals surface area (Å²) in [6.45, 7) is 7.64. The minimum absolute atomic E-state index is 0.273. The number of aryl methyl sites for hydroxylation is 2. The van der Waals surface area contributed by atoms with Gasteiger partial charge in [-0.05, 0) is 61.9 Å². The molecule has 1 aromatic carbocycles. The summed E-state index contributed by atoms with van der Waals surface area (Å²) < 4.78 is 6.29. The Morgan fingerprint density at radius 1 is 1.15 bits per heavy atom. The lowest BCUT2D eigenvalue weighted by Crippen LogP contribution is -2.42. The predicted molar refractivity (Wildman–Crippen MR) is 85.5 cm³/mol. The zero-order valence-corrected chi connectivity index (χ0v) is 13.2. The molecular weight excluding hydrogens is 246 g/mol. The Kier molecular flexibility index (Phi) is 5.90. The van der Waals surface area contributed by atoms with Gasteiger partial charge in [-0.2, -0.15) is 0 Å². The van der Waals surface area contributed by atoms with E-state index in [0.717, 1.165) is 18.7 Å². The van der Waals surface area contributed by atoms with Crippen molar-refractivity contribution >= 4 is 0 Å². The zero-order chi connectivity index (χ0) is 14.4. The van der Waals surface area contributed by atoms with Crippen molar-refractivity contribution in [3.05, 3.63) is 29.3 Å². The van der Waals surface area contributed by atoms with Crippen molar-refractivity contribution in [2.75, 3.05) is 6.54 Å². The normalized spacial score (nSPS) is 16.8. The molecule has 0 radical (unpaired) electrons. The smallest absolute Gasteiger partial charge is 0.120 e. The molecule has 1 aliphatic carbocycles. The summed E-state index contributed by atoms with van der Waals surface area (Å²) in [7, 11) is 0. The molecule has 112 valence electrons. The van der Waals surface area contributed by atoms with Crippen molar-refractivity contribution in [3.63, 3.8) is 0 Å². The first-order valence-corrected chi connectivity index (χ1v) is 8.30. The molecule has 0 aliphatic heterocycles. The van der Waals surface area contributed by atoms with Gasteiger partial charge in [-0.15, -0.1) is 0 Å². The minimum Gasteiger partial charge on any atom is -0.489 e. The summed E-state index contributed by atoms with van der Waals surface area (Å²) in [6.07, 6.45) is 7.45. The van der Waals surface area contributed by atoms with Crippen LogP contribution in [0.25, 0.3) is 0 Å². The Morgan fingerprint density at radius 3 is 2.65 bits per heavy atom. The highest BCUT2D eigenvalue weighted by atomic mass is 16.5. The monoisotopic (exact) mass is 275 g/mol. The van der Waals surface area contributed by atoms with E-state index < -0.39 is 0 Å². The molecule has 0 saturated heterocycles. The number of likely N-dealkylation sites (N-methyl/N-ethyl adjacent to an activating group) is 1. The van der Waals surface area contributed by atoms with Crippen LogP contribution in [0, 0.1) is 0 Å². The van der Waals surface area contributed by atoms with Gasteiger partial charge in [0.2, 0.25) is 0 Å². The quantitative estimate of drug-likeness (QED) is 0.771. The highest BCUT2D eigenvalue weighted by molar-refractivity contribution is 5.38. The largest absolute Gasteiger partial charge is 0.489 e. The second-order valence-electron chi connectivity index (χ2n) is 5.80. The van der Waals surface area contributed by atoms with Crippen LogP contribution in [-0.2, 0) is 12.8 Å². The van der Waals surface area contributed by atoms with Gasteiger partial charge in [0.05, 0.1) is 0 Å². The molecule has 0 aromatic heterocycles. The summed E-state index contributed by atoms with van der Waals surface area (Å²) in [5.41, 5.74) is 3.01. The van der Waals surface area contributed by atoms with E-state index in [1.165, 1.54) is 43.2 Å². The van der Waals surface area contributed by atoms with Gasteiger partial charge >= 0.3 is 0 Å². The van der Waals surface area contributed by atoms with Crippen molar-refractivity contribution < 1.29 is 4.74 Å². The molecule has 0 amide bonds. The fourth-order valence-corrected chi connectivity index (χ4v) is 3.24. The average Bonchev–Trinajstić information content (AvgIpc) is 2.92. The van der Waals surface area contributed by atoms with Crippen LogP contribution in [0.5, 0.6) is 5.75 Å². The molecule has 1 aromatic rings. The molecule has 2 unspecified atom stereocenters. The summed E-state index contributed by atoms with van der Waals surface area (Å²) in [4.78, 5) is 0. The zero-order valence-electron chi connectivity index (χ0n) is 13.2. The number of ether oxygens (including phenoxy) is 1. The van der Waals surface area contributed by atoms with E-state index in [2.05, 4.69) is 44.3 Å². The Bertz CT molecular complexity index is 410. The average molecular weight is 275 g/mol. The van der Waals surface area contributed by atoms with E-state index in [1.807, 2.05) is 0 Å². The molecule has 0 fully saturated rings. The molecule has 0 bridgehead atoms. The fraction of sp³-hybridized carbons (Fsp3) is 0.667. The third kappa shape index (κ3) is 3.76. The third-order valence-electron chi connectivity index (χ3n) is 4.27. The van der Waals surface area contributed by atoms with E-state index in [-0.39, 0.29) is 6.10 Å². The summed E-state index contributed by atoms with van der Waals surface area (Å²) in [5.74, 6) is 1.05. The van der Waals surface area contributed by atoms with Gasteiger partial charge in [0.25, 0.3) is 0 Å². The molecular formula is C18H29NO. The summed E-state index contributed by atoms with van der Waals surface area (Å²) in [6, 6.07) is 7.14. The van der Waals surface area contributed by atoms with Gasteiger partial charge in [0.1, 0.15) is 11.9 Å². The van der Waals surface area contributed by atoms with Gasteiger partial charge in [0.15, 0.2) is 0 Å². The number of fused-ring (bicyclic) bond motifs is 1. The van der Waals surface area contributed by atoms with Gasteiger partial charge in [-0.1, -0.05) is 33.3 Å². The minimum atomic E-state index is 0.273. The maximum atomic E-state index is 6.29. The van der Waals surface area contributed by atoms with Crippen LogP contribution >= 0.6 is 0 Å². The van der Waals surface area contributed by atoms with E-state index in [9.17, 15) is 0 Å². The maximum absolute atomic E-state index is 6.29. The van der Waals surface area contributed by atoms with Gasteiger partial charge < -0.3 is 10.1 Å². The lowest BCUT2D eigenvalue weighted by atomic mass is 10.0. The first kappa shape index (κ1) is 15.4. The molecule has 2 rings (SSSR count). The van der Waals surface area contributed by atoms with Crippen LogP contribution in [0.1, 0.15) is 57.6 Å².